The first-order valence-corrected chi connectivity index (χ1v) is 10.8. The Morgan fingerprint density at radius 2 is 1.97 bits per heavy atom. The molecule has 31 heavy (non-hydrogen) atoms. The average Bonchev–Trinajstić information content (AvgIpc) is 3.03. The van der Waals surface area contributed by atoms with E-state index in [1.165, 1.54) is 40.2 Å². The van der Waals surface area contributed by atoms with Gasteiger partial charge in [0.2, 0.25) is 5.91 Å². The first-order chi connectivity index (χ1) is 14.8. The third-order valence-corrected chi connectivity index (χ3v) is 6.23. The number of aryl methyl sites for hydroxylation is 2. The number of nitrogens with one attached hydrogen (secondary N) is 1. The van der Waals surface area contributed by atoms with E-state index in [9.17, 15) is 9.59 Å². The number of carbonyl (C=O) groups is 1. The Balaban J connectivity index is 1.62. The molecule has 0 spiro atoms. The van der Waals surface area contributed by atoms with Crippen molar-refractivity contribution in [3.63, 3.8) is 0 Å². The molecule has 0 fully saturated rings. The lowest BCUT2D eigenvalue weighted by atomic mass is 10.2. The number of benzene rings is 2. The van der Waals surface area contributed by atoms with Crippen molar-refractivity contribution in [3.8, 4) is 0 Å². The maximum Gasteiger partial charge on any atom is 0.350 e. The molecule has 1 N–H and O–H groups in total. The molecule has 158 valence electrons. The van der Waals surface area contributed by atoms with Crippen LogP contribution in [0, 0.1) is 13.8 Å². The van der Waals surface area contributed by atoms with Gasteiger partial charge >= 0.3 is 5.69 Å². The zero-order valence-corrected chi connectivity index (χ0v) is 18.9. The summed E-state index contributed by atoms with van der Waals surface area (Å²) < 4.78 is 2.47. The van der Waals surface area contributed by atoms with E-state index in [1.807, 2.05) is 26.0 Å². The number of hydrogen-bond donors (Lipinski definition) is 1. The minimum absolute atomic E-state index is 0.281. The minimum atomic E-state index is -0.453. The standard InChI is InChI=1S/C21H17Cl2N5O2S/c1-12-3-6-17(13(2)9-12)31-20-19-26-28(21(30)27(19)8-7-24-20)11-18(29)25-16-10-14(22)4-5-15(16)23/h3-10H,11H2,1-2H3,(H,25,29). The SMILES string of the molecule is Cc1ccc(Sc2nccn3c(=O)n(CC(=O)Nc4cc(Cl)ccc4Cl)nc23)c(C)c1. The lowest BCUT2D eigenvalue weighted by Gasteiger charge is -2.07. The highest BCUT2D eigenvalue weighted by Gasteiger charge is 2.16. The fraction of sp³-hybridized carbons (Fsp3) is 0.143. The van der Waals surface area contributed by atoms with E-state index in [0.717, 1.165) is 15.1 Å². The molecule has 2 aromatic carbocycles. The summed E-state index contributed by atoms with van der Waals surface area (Å²) in [6, 6.07) is 10.9. The summed E-state index contributed by atoms with van der Waals surface area (Å²) in [5, 5.41) is 8.34. The van der Waals surface area contributed by atoms with Crippen molar-refractivity contribution in [1.29, 1.82) is 0 Å². The third-order valence-electron chi connectivity index (χ3n) is 4.50. The predicted molar refractivity (Wildman–Crippen MR) is 122 cm³/mol. The van der Waals surface area contributed by atoms with Gasteiger partial charge < -0.3 is 5.32 Å². The number of rotatable bonds is 5. The van der Waals surface area contributed by atoms with Gasteiger partial charge in [-0.05, 0) is 43.7 Å². The molecule has 0 aliphatic heterocycles. The van der Waals surface area contributed by atoms with Crippen LogP contribution in [0.15, 0.2) is 63.5 Å². The van der Waals surface area contributed by atoms with Crippen LogP contribution < -0.4 is 11.0 Å². The Morgan fingerprint density at radius 3 is 2.74 bits per heavy atom. The van der Waals surface area contributed by atoms with Crippen LogP contribution >= 0.6 is 35.0 Å². The van der Waals surface area contributed by atoms with Gasteiger partial charge in [-0.25, -0.2) is 18.9 Å². The van der Waals surface area contributed by atoms with Crippen LogP contribution in [0.5, 0.6) is 0 Å². The van der Waals surface area contributed by atoms with Crippen molar-refractivity contribution in [2.75, 3.05) is 5.32 Å². The first-order valence-electron chi connectivity index (χ1n) is 9.26. The summed E-state index contributed by atoms with van der Waals surface area (Å²) in [5.74, 6) is -0.453. The van der Waals surface area contributed by atoms with Crippen molar-refractivity contribution in [2.45, 2.75) is 30.3 Å². The molecule has 4 rings (SSSR count). The summed E-state index contributed by atoms with van der Waals surface area (Å²) in [5.41, 5.74) is 2.58. The molecular weight excluding hydrogens is 457 g/mol. The van der Waals surface area contributed by atoms with Gasteiger partial charge in [0.05, 0.1) is 10.7 Å². The van der Waals surface area contributed by atoms with E-state index in [1.54, 1.807) is 12.1 Å². The molecule has 2 heterocycles. The highest BCUT2D eigenvalue weighted by Crippen LogP contribution is 2.31. The van der Waals surface area contributed by atoms with Crippen molar-refractivity contribution >= 4 is 52.2 Å². The Kier molecular flexibility index (Phi) is 6.04. The summed E-state index contributed by atoms with van der Waals surface area (Å²) in [6.45, 7) is 3.77. The highest BCUT2D eigenvalue weighted by atomic mass is 35.5. The summed E-state index contributed by atoms with van der Waals surface area (Å²) in [7, 11) is 0. The zero-order valence-electron chi connectivity index (χ0n) is 16.6. The molecule has 0 aliphatic rings. The van der Waals surface area contributed by atoms with E-state index in [2.05, 4.69) is 21.5 Å². The molecular formula is C21H17Cl2N5O2S. The number of fused-ring (bicyclic) bond motifs is 1. The molecule has 0 unspecified atom stereocenters. The van der Waals surface area contributed by atoms with Crippen molar-refractivity contribution in [3.05, 3.63) is 80.4 Å². The lowest BCUT2D eigenvalue weighted by molar-refractivity contribution is -0.117. The minimum Gasteiger partial charge on any atom is -0.323 e. The summed E-state index contributed by atoms with van der Waals surface area (Å²) >= 11 is 13.5. The van der Waals surface area contributed by atoms with Gasteiger partial charge in [-0.3, -0.25) is 4.79 Å². The van der Waals surface area contributed by atoms with Crippen molar-refractivity contribution < 1.29 is 4.79 Å². The monoisotopic (exact) mass is 473 g/mol. The molecule has 4 aromatic rings. The highest BCUT2D eigenvalue weighted by molar-refractivity contribution is 7.99. The van der Waals surface area contributed by atoms with Gasteiger partial charge in [-0.1, -0.05) is 52.7 Å². The number of halogens is 2. The molecule has 10 heteroatoms. The largest absolute Gasteiger partial charge is 0.350 e. The normalized spacial score (nSPS) is 11.1. The second-order valence-electron chi connectivity index (χ2n) is 6.91. The molecule has 0 radical (unpaired) electrons. The molecule has 1 amide bonds. The first kappa shape index (κ1) is 21.4. The van der Waals surface area contributed by atoms with Gasteiger partial charge in [-0.2, -0.15) is 0 Å². The topological polar surface area (TPSA) is 81.3 Å². The molecule has 0 atom stereocenters. The van der Waals surface area contributed by atoms with Gasteiger partial charge in [-0.15, -0.1) is 5.10 Å². The molecule has 0 aliphatic carbocycles. The van der Waals surface area contributed by atoms with Crippen molar-refractivity contribution in [2.24, 2.45) is 0 Å². The fourth-order valence-corrected chi connectivity index (χ4v) is 4.28. The molecule has 2 aromatic heterocycles. The van der Waals surface area contributed by atoms with E-state index >= 15 is 0 Å². The zero-order chi connectivity index (χ0) is 22.1. The maximum absolute atomic E-state index is 12.8. The van der Waals surface area contributed by atoms with Gasteiger partial charge in [0, 0.05) is 22.3 Å². The summed E-state index contributed by atoms with van der Waals surface area (Å²) in [4.78, 5) is 30.6. The lowest BCUT2D eigenvalue weighted by Crippen LogP contribution is -2.28. The van der Waals surface area contributed by atoms with Gasteiger partial charge in [0.1, 0.15) is 11.6 Å². The van der Waals surface area contributed by atoms with E-state index < -0.39 is 11.6 Å². The number of nitrogens with zero attached hydrogens (tertiary/aromatic N) is 4. The third kappa shape index (κ3) is 4.61. The Bertz CT molecular complexity index is 1370. The molecule has 0 bridgehead atoms. The molecule has 0 saturated heterocycles. The van der Waals surface area contributed by atoms with E-state index in [4.69, 9.17) is 23.2 Å². The van der Waals surface area contributed by atoms with E-state index in [0.29, 0.717) is 26.4 Å². The predicted octanol–water partition coefficient (Wildman–Crippen LogP) is 4.60. The second-order valence-corrected chi connectivity index (χ2v) is 8.78. The second kappa shape index (κ2) is 8.74. The van der Waals surface area contributed by atoms with Crippen LogP contribution in [0.25, 0.3) is 5.65 Å². The van der Waals surface area contributed by atoms with Gasteiger partial charge in [0.25, 0.3) is 0 Å². The van der Waals surface area contributed by atoms with Crippen LogP contribution in [0.4, 0.5) is 5.69 Å². The fourth-order valence-electron chi connectivity index (χ4n) is 3.04. The molecule has 0 saturated carbocycles. The Morgan fingerprint density at radius 1 is 1.16 bits per heavy atom. The van der Waals surface area contributed by atoms with E-state index in [-0.39, 0.29) is 6.54 Å². The van der Waals surface area contributed by atoms with Crippen LogP contribution in [0.2, 0.25) is 10.0 Å². The number of amides is 1. The van der Waals surface area contributed by atoms with Crippen molar-refractivity contribution in [1.82, 2.24) is 19.2 Å². The number of hydrogen-bond acceptors (Lipinski definition) is 5. The smallest absolute Gasteiger partial charge is 0.323 e. The maximum atomic E-state index is 12.8. The van der Waals surface area contributed by atoms with Crippen LogP contribution in [-0.4, -0.2) is 25.1 Å². The molecule has 7 nitrogen and oxygen atoms in total. The summed E-state index contributed by atoms with van der Waals surface area (Å²) in [6.07, 6.45) is 3.07. The Labute approximate surface area is 192 Å². The van der Waals surface area contributed by atoms with Crippen LogP contribution in [-0.2, 0) is 11.3 Å². The van der Waals surface area contributed by atoms with Gasteiger partial charge in [0.15, 0.2) is 5.65 Å². The quantitative estimate of drug-likeness (QED) is 0.457. The average molecular weight is 474 g/mol. The number of carbonyl (C=O) groups excluding carboxylic acids is 1. The Hall–Kier alpha value is -2.81. The van der Waals surface area contributed by atoms with Crippen LogP contribution in [0.1, 0.15) is 11.1 Å². The van der Waals surface area contributed by atoms with Crippen LogP contribution in [0.3, 0.4) is 0 Å². The number of aromatic nitrogens is 4. The number of anilines is 1.